The van der Waals surface area contributed by atoms with Crippen molar-refractivity contribution in [3.05, 3.63) is 59.2 Å². The number of hydrogen-bond donors (Lipinski definition) is 2. The van der Waals surface area contributed by atoms with E-state index in [4.69, 9.17) is 10.5 Å². The van der Waals surface area contributed by atoms with E-state index in [1.807, 2.05) is 0 Å². The summed E-state index contributed by atoms with van der Waals surface area (Å²) in [5, 5.41) is 3.50. The van der Waals surface area contributed by atoms with E-state index < -0.39 is 0 Å². The third-order valence-electron chi connectivity index (χ3n) is 4.35. The fourth-order valence-corrected chi connectivity index (χ4v) is 2.92. The van der Waals surface area contributed by atoms with Gasteiger partial charge in [0.1, 0.15) is 0 Å². The average molecular weight is 326 g/mol. The lowest BCUT2D eigenvalue weighted by molar-refractivity contribution is 0.193. The number of anilines is 2. The lowest BCUT2D eigenvalue weighted by Gasteiger charge is -2.14. The fourth-order valence-electron chi connectivity index (χ4n) is 2.92. The molecule has 2 rings (SSSR count). The molecule has 0 fully saturated rings. The molecule has 0 amide bonds. The molecule has 0 unspecified atom stereocenters. The number of benzene rings is 2. The van der Waals surface area contributed by atoms with Crippen molar-refractivity contribution in [3.63, 3.8) is 0 Å². The van der Waals surface area contributed by atoms with Gasteiger partial charge in [0.25, 0.3) is 0 Å². The minimum absolute atomic E-state index is 0.832. The first kappa shape index (κ1) is 18.3. The summed E-state index contributed by atoms with van der Waals surface area (Å²) in [5.41, 5.74) is 12.1. The highest BCUT2D eigenvalue weighted by Gasteiger charge is 2.05. The largest absolute Gasteiger partial charge is 0.397 e. The van der Waals surface area contributed by atoms with Crippen LogP contribution in [0.1, 0.15) is 36.0 Å². The number of nitrogen functional groups attached to an aromatic ring is 1. The van der Waals surface area contributed by atoms with Gasteiger partial charge >= 0.3 is 0 Å². The van der Waals surface area contributed by atoms with E-state index in [0.717, 1.165) is 56.6 Å². The Morgan fingerprint density at radius 3 is 2.54 bits per heavy atom. The Morgan fingerprint density at radius 2 is 1.79 bits per heavy atom. The maximum Gasteiger partial charge on any atom is 0.0576 e. The van der Waals surface area contributed by atoms with Gasteiger partial charge in [-0.3, -0.25) is 0 Å². The first-order valence-electron chi connectivity index (χ1n) is 8.86. The number of unbranched alkanes of at least 4 members (excludes halogenated alkanes) is 1. The average Bonchev–Trinajstić information content (AvgIpc) is 2.59. The van der Waals surface area contributed by atoms with E-state index >= 15 is 0 Å². The molecule has 0 atom stereocenters. The molecule has 0 aromatic heterocycles. The topological polar surface area (TPSA) is 47.3 Å². The molecular formula is C21H30N2O. The van der Waals surface area contributed by atoms with E-state index in [1.54, 1.807) is 7.11 Å². The summed E-state index contributed by atoms with van der Waals surface area (Å²) in [7, 11) is 1.76. The number of hydrogen-bond acceptors (Lipinski definition) is 3. The number of ether oxygens (including phenoxy) is 1. The first-order valence-corrected chi connectivity index (χ1v) is 8.86. The molecule has 3 heteroatoms. The van der Waals surface area contributed by atoms with Gasteiger partial charge in [0.2, 0.25) is 0 Å². The van der Waals surface area contributed by atoms with Crippen LogP contribution in [0.2, 0.25) is 0 Å². The fraction of sp³-hybridized carbons (Fsp3) is 0.429. The Hall–Kier alpha value is -2.00. The van der Waals surface area contributed by atoms with Crippen molar-refractivity contribution >= 4 is 11.4 Å². The van der Waals surface area contributed by atoms with Crippen LogP contribution >= 0.6 is 0 Å². The molecule has 0 radical (unpaired) electrons. The molecule has 2 aromatic carbocycles. The van der Waals surface area contributed by atoms with Crippen molar-refractivity contribution in [2.75, 3.05) is 31.3 Å². The van der Waals surface area contributed by atoms with Crippen LogP contribution in [-0.2, 0) is 17.6 Å². The van der Waals surface area contributed by atoms with Crippen LogP contribution in [0.5, 0.6) is 0 Å². The maximum absolute atomic E-state index is 6.18. The highest BCUT2D eigenvalue weighted by molar-refractivity contribution is 5.68. The molecule has 3 nitrogen and oxygen atoms in total. The monoisotopic (exact) mass is 326 g/mol. The Balaban J connectivity index is 1.84. The van der Waals surface area contributed by atoms with Gasteiger partial charge in [0, 0.05) is 20.3 Å². The molecule has 0 saturated carbocycles. The minimum Gasteiger partial charge on any atom is -0.397 e. The lowest BCUT2D eigenvalue weighted by Crippen LogP contribution is -2.07. The van der Waals surface area contributed by atoms with Crippen LogP contribution < -0.4 is 11.1 Å². The molecule has 2 aromatic rings. The standard InChI is InChI=1S/C21H30N2O/c1-17-15-20(22)21(16-19(17)12-6-7-14-24-2)23-13-8-11-18-9-4-3-5-10-18/h3-5,9-10,15-16,23H,6-8,11-14,22H2,1-2H3. The third-order valence-corrected chi connectivity index (χ3v) is 4.35. The van der Waals surface area contributed by atoms with Gasteiger partial charge in [-0.05, 0) is 67.9 Å². The van der Waals surface area contributed by atoms with E-state index in [0.29, 0.717) is 0 Å². The number of methoxy groups -OCH3 is 1. The smallest absolute Gasteiger partial charge is 0.0576 e. The third kappa shape index (κ3) is 5.89. The Labute approximate surface area is 146 Å². The van der Waals surface area contributed by atoms with Gasteiger partial charge in [0.15, 0.2) is 0 Å². The Kier molecular flexibility index (Phi) is 7.63. The van der Waals surface area contributed by atoms with Gasteiger partial charge < -0.3 is 15.8 Å². The Bertz CT molecular complexity index is 611. The number of nitrogens with one attached hydrogen (secondary N) is 1. The van der Waals surface area contributed by atoms with Gasteiger partial charge in [0.05, 0.1) is 11.4 Å². The van der Waals surface area contributed by atoms with Gasteiger partial charge in [-0.2, -0.15) is 0 Å². The highest BCUT2D eigenvalue weighted by atomic mass is 16.5. The van der Waals surface area contributed by atoms with Crippen molar-refractivity contribution in [1.82, 2.24) is 0 Å². The second kappa shape index (κ2) is 9.99. The quantitative estimate of drug-likeness (QED) is 0.496. The van der Waals surface area contributed by atoms with Crippen LogP contribution in [0.3, 0.4) is 0 Å². The van der Waals surface area contributed by atoms with Crippen molar-refractivity contribution in [3.8, 4) is 0 Å². The second-order valence-electron chi connectivity index (χ2n) is 6.33. The summed E-state index contributed by atoms with van der Waals surface area (Å²) >= 11 is 0. The minimum atomic E-state index is 0.832. The van der Waals surface area contributed by atoms with Crippen LogP contribution in [0.4, 0.5) is 11.4 Å². The number of aryl methyl sites for hydroxylation is 3. The van der Waals surface area contributed by atoms with Gasteiger partial charge in [-0.25, -0.2) is 0 Å². The first-order chi connectivity index (χ1) is 11.7. The highest BCUT2D eigenvalue weighted by Crippen LogP contribution is 2.25. The van der Waals surface area contributed by atoms with Gasteiger partial charge in [-0.1, -0.05) is 30.3 Å². The van der Waals surface area contributed by atoms with E-state index in [1.165, 1.54) is 16.7 Å². The molecule has 0 spiro atoms. The van der Waals surface area contributed by atoms with Crippen molar-refractivity contribution in [1.29, 1.82) is 0 Å². The van der Waals surface area contributed by atoms with Crippen LogP contribution in [0.25, 0.3) is 0 Å². The molecule has 130 valence electrons. The normalized spacial score (nSPS) is 10.8. The summed E-state index contributed by atoms with van der Waals surface area (Å²) in [4.78, 5) is 0. The zero-order valence-corrected chi connectivity index (χ0v) is 15.0. The maximum atomic E-state index is 6.18. The second-order valence-corrected chi connectivity index (χ2v) is 6.33. The van der Waals surface area contributed by atoms with Crippen LogP contribution in [0, 0.1) is 6.92 Å². The summed E-state index contributed by atoms with van der Waals surface area (Å²) in [6.45, 7) is 3.91. The molecule has 24 heavy (non-hydrogen) atoms. The summed E-state index contributed by atoms with van der Waals surface area (Å²) in [6, 6.07) is 14.9. The molecule has 0 bridgehead atoms. The van der Waals surface area contributed by atoms with Gasteiger partial charge in [-0.15, -0.1) is 0 Å². The number of rotatable bonds is 10. The number of nitrogens with two attached hydrogens (primary N) is 1. The predicted octanol–water partition coefficient (Wildman–Crippen LogP) is 4.59. The molecular weight excluding hydrogens is 296 g/mol. The molecule has 0 aliphatic carbocycles. The summed E-state index contributed by atoms with van der Waals surface area (Å²) in [5.74, 6) is 0. The zero-order valence-electron chi connectivity index (χ0n) is 15.0. The molecule has 0 aliphatic heterocycles. The SMILES string of the molecule is COCCCCc1cc(NCCCc2ccccc2)c(N)cc1C. The zero-order chi connectivity index (χ0) is 17.2. The van der Waals surface area contributed by atoms with Crippen molar-refractivity contribution in [2.45, 2.75) is 39.0 Å². The molecule has 0 aliphatic rings. The van der Waals surface area contributed by atoms with E-state index in [-0.39, 0.29) is 0 Å². The Morgan fingerprint density at radius 1 is 1.00 bits per heavy atom. The van der Waals surface area contributed by atoms with Crippen molar-refractivity contribution in [2.24, 2.45) is 0 Å². The van der Waals surface area contributed by atoms with E-state index in [2.05, 4.69) is 54.7 Å². The molecule has 0 saturated heterocycles. The summed E-state index contributed by atoms with van der Waals surface area (Å²) in [6.07, 6.45) is 5.50. The van der Waals surface area contributed by atoms with Crippen LogP contribution in [0.15, 0.2) is 42.5 Å². The molecule has 0 heterocycles. The van der Waals surface area contributed by atoms with E-state index in [9.17, 15) is 0 Å². The van der Waals surface area contributed by atoms with Crippen LogP contribution in [-0.4, -0.2) is 20.3 Å². The predicted molar refractivity (Wildman–Crippen MR) is 104 cm³/mol. The lowest BCUT2D eigenvalue weighted by atomic mass is 10.0. The van der Waals surface area contributed by atoms with Crippen molar-refractivity contribution < 1.29 is 4.74 Å². The molecule has 3 N–H and O–H groups in total. The summed E-state index contributed by atoms with van der Waals surface area (Å²) < 4.78 is 5.12.